The Balaban J connectivity index is 1.41. The zero-order valence-corrected chi connectivity index (χ0v) is 24.3. The minimum absolute atomic E-state index is 0.0813. The van der Waals surface area contributed by atoms with Crippen LogP contribution in [0.4, 0.5) is 0 Å². The monoisotopic (exact) mass is 570 g/mol. The second-order valence-corrected chi connectivity index (χ2v) is 10.6. The fraction of sp³-hybridized carbons (Fsp3) is 0.353. The van der Waals surface area contributed by atoms with Crippen LogP contribution in [-0.4, -0.2) is 72.6 Å². The molecule has 1 amide bonds. The van der Waals surface area contributed by atoms with Gasteiger partial charge in [-0.3, -0.25) is 14.5 Å². The van der Waals surface area contributed by atoms with E-state index < -0.39 is 17.7 Å². The van der Waals surface area contributed by atoms with E-state index in [-0.39, 0.29) is 11.3 Å². The maximum atomic E-state index is 13.4. The predicted octanol–water partition coefficient (Wildman–Crippen LogP) is 5.12. The van der Waals surface area contributed by atoms with Crippen molar-refractivity contribution in [3.05, 3.63) is 101 Å². The number of ketones is 1. The maximum Gasteiger partial charge on any atom is 0.295 e. The predicted molar refractivity (Wildman–Crippen MR) is 160 cm³/mol. The van der Waals surface area contributed by atoms with Crippen molar-refractivity contribution in [2.24, 2.45) is 0 Å². The first-order chi connectivity index (χ1) is 20.5. The van der Waals surface area contributed by atoms with E-state index in [0.29, 0.717) is 56.6 Å². The van der Waals surface area contributed by atoms with E-state index in [0.717, 1.165) is 36.2 Å². The van der Waals surface area contributed by atoms with Crippen molar-refractivity contribution in [1.29, 1.82) is 0 Å². The molecule has 0 radical (unpaired) electrons. The molecule has 8 nitrogen and oxygen atoms in total. The molecule has 42 heavy (non-hydrogen) atoms. The topological polar surface area (TPSA) is 88.5 Å². The van der Waals surface area contributed by atoms with Gasteiger partial charge in [-0.25, -0.2) is 0 Å². The number of carbonyl (C=O) groups is 2. The number of aliphatic hydroxyl groups is 1. The van der Waals surface area contributed by atoms with E-state index in [1.165, 1.54) is 0 Å². The van der Waals surface area contributed by atoms with Gasteiger partial charge in [0.05, 0.1) is 31.4 Å². The Morgan fingerprint density at radius 1 is 0.905 bits per heavy atom. The van der Waals surface area contributed by atoms with Crippen LogP contribution < -0.4 is 9.47 Å². The number of hydrogen-bond acceptors (Lipinski definition) is 7. The van der Waals surface area contributed by atoms with Crippen LogP contribution in [0.25, 0.3) is 5.76 Å². The normalized spacial score (nSPS) is 18.8. The molecule has 3 aromatic rings. The van der Waals surface area contributed by atoms with Crippen molar-refractivity contribution in [3.63, 3.8) is 0 Å². The van der Waals surface area contributed by atoms with Crippen LogP contribution in [0.1, 0.15) is 41.6 Å². The lowest BCUT2D eigenvalue weighted by Gasteiger charge is -2.31. The first-order valence-electron chi connectivity index (χ1n) is 14.5. The van der Waals surface area contributed by atoms with Gasteiger partial charge in [-0.2, -0.15) is 0 Å². The highest BCUT2D eigenvalue weighted by Gasteiger charge is 2.46. The molecule has 3 aromatic carbocycles. The van der Waals surface area contributed by atoms with Crippen LogP contribution in [0.15, 0.2) is 78.4 Å². The zero-order valence-electron chi connectivity index (χ0n) is 24.3. The Morgan fingerprint density at radius 2 is 1.57 bits per heavy atom. The van der Waals surface area contributed by atoms with Crippen molar-refractivity contribution >= 4 is 17.4 Å². The van der Waals surface area contributed by atoms with Crippen molar-refractivity contribution < 1.29 is 28.9 Å². The molecule has 1 unspecified atom stereocenters. The summed E-state index contributed by atoms with van der Waals surface area (Å²) in [6.07, 6.45) is 0.888. The summed E-state index contributed by atoms with van der Waals surface area (Å²) in [5.41, 5.74) is 3.50. The number of hydrogen-bond donors (Lipinski definition) is 1. The molecule has 2 aliphatic heterocycles. The summed E-state index contributed by atoms with van der Waals surface area (Å²) in [7, 11) is 0. The van der Waals surface area contributed by atoms with Gasteiger partial charge in [0, 0.05) is 31.7 Å². The summed E-state index contributed by atoms with van der Waals surface area (Å²) in [4.78, 5) is 30.6. The molecule has 1 atom stereocenters. The van der Waals surface area contributed by atoms with Gasteiger partial charge in [0.25, 0.3) is 11.7 Å². The second kappa shape index (κ2) is 13.7. The molecule has 5 rings (SSSR count). The highest BCUT2D eigenvalue weighted by atomic mass is 16.5. The number of benzene rings is 3. The SMILES string of the molecule is CCCOc1ccc(C2C(=C(O)c3ccc(OCc4ccccc4C)cc3)C(=O)C(=O)N2CCN2CCOCC2)cc1. The molecule has 0 aliphatic carbocycles. The first-order valence-corrected chi connectivity index (χ1v) is 14.5. The Kier molecular flexibility index (Phi) is 9.56. The van der Waals surface area contributed by atoms with Crippen LogP contribution in [0, 0.1) is 6.92 Å². The molecular formula is C34H38N2O6. The van der Waals surface area contributed by atoms with Crippen molar-refractivity contribution in [2.45, 2.75) is 32.9 Å². The van der Waals surface area contributed by atoms with E-state index in [4.69, 9.17) is 14.2 Å². The Labute approximate surface area is 247 Å². The standard InChI is InChI=1S/C34H38N2O6/c1-3-20-41-28-12-8-25(9-13-28)31-30(33(38)34(39)36(31)17-16-35-18-21-40-22-19-35)32(37)26-10-14-29(15-11-26)42-23-27-7-5-4-6-24(27)2/h4-15,31,37H,3,16-23H2,1-2H3. The van der Waals surface area contributed by atoms with Crippen molar-refractivity contribution in [3.8, 4) is 11.5 Å². The minimum atomic E-state index is -0.719. The van der Waals surface area contributed by atoms with E-state index in [2.05, 4.69) is 4.90 Å². The summed E-state index contributed by atoms with van der Waals surface area (Å²) in [6.45, 7) is 8.90. The number of morpholine rings is 1. The van der Waals surface area contributed by atoms with E-state index in [9.17, 15) is 14.7 Å². The van der Waals surface area contributed by atoms with Crippen LogP contribution in [0.2, 0.25) is 0 Å². The fourth-order valence-electron chi connectivity index (χ4n) is 5.30. The molecular weight excluding hydrogens is 532 g/mol. The molecule has 0 aromatic heterocycles. The molecule has 2 heterocycles. The van der Waals surface area contributed by atoms with Gasteiger partial charge in [0.1, 0.15) is 23.9 Å². The maximum absolute atomic E-state index is 13.4. The molecule has 2 saturated heterocycles. The Hall–Kier alpha value is -4.14. The molecule has 2 aliphatic rings. The average Bonchev–Trinajstić information content (AvgIpc) is 3.28. The number of rotatable bonds is 11. The highest BCUT2D eigenvalue weighted by Crippen LogP contribution is 2.40. The second-order valence-electron chi connectivity index (χ2n) is 10.6. The summed E-state index contributed by atoms with van der Waals surface area (Å²) >= 11 is 0. The number of aliphatic hydroxyl groups excluding tert-OH is 1. The zero-order chi connectivity index (χ0) is 29.5. The van der Waals surface area contributed by atoms with Crippen LogP contribution in [-0.2, 0) is 20.9 Å². The molecule has 220 valence electrons. The minimum Gasteiger partial charge on any atom is -0.507 e. The van der Waals surface area contributed by atoms with Gasteiger partial charge < -0.3 is 24.2 Å². The van der Waals surface area contributed by atoms with E-state index >= 15 is 0 Å². The van der Waals surface area contributed by atoms with Gasteiger partial charge in [-0.05, 0) is 66.4 Å². The van der Waals surface area contributed by atoms with Gasteiger partial charge in [0.2, 0.25) is 0 Å². The van der Waals surface area contributed by atoms with Crippen LogP contribution in [0.5, 0.6) is 11.5 Å². The quantitative estimate of drug-likeness (QED) is 0.195. The van der Waals surface area contributed by atoms with Gasteiger partial charge in [-0.1, -0.05) is 43.3 Å². The number of Topliss-reactive ketones (excluding diaryl/α,β-unsaturated/α-hetero) is 1. The number of ether oxygens (including phenoxy) is 3. The molecule has 0 spiro atoms. The number of aryl methyl sites for hydroxylation is 1. The lowest BCUT2D eigenvalue weighted by molar-refractivity contribution is -0.140. The summed E-state index contributed by atoms with van der Waals surface area (Å²) in [6, 6.07) is 21.7. The number of carbonyl (C=O) groups excluding carboxylic acids is 2. The van der Waals surface area contributed by atoms with Gasteiger partial charge in [-0.15, -0.1) is 0 Å². The summed E-state index contributed by atoms with van der Waals surface area (Å²) in [5.74, 6) is -0.152. The molecule has 0 saturated carbocycles. The third-order valence-electron chi connectivity index (χ3n) is 7.75. The van der Waals surface area contributed by atoms with Crippen LogP contribution >= 0.6 is 0 Å². The largest absolute Gasteiger partial charge is 0.507 e. The third-order valence-corrected chi connectivity index (χ3v) is 7.75. The fourth-order valence-corrected chi connectivity index (χ4v) is 5.30. The molecule has 8 heteroatoms. The van der Waals surface area contributed by atoms with E-state index in [1.807, 2.05) is 62.4 Å². The lowest BCUT2D eigenvalue weighted by Crippen LogP contribution is -2.42. The van der Waals surface area contributed by atoms with Crippen molar-refractivity contribution in [2.75, 3.05) is 46.0 Å². The average molecular weight is 571 g/mol. The number of amides is 1. The highest BCUT2D eigenvalue weighted by molar-refractivity contribution is 6.46. The summed E-state index contributed by atoms with van der Waals surface area (Å²) < 4.78 is 17.1. The third kappa shape index (κ3) is 6.66. The lowest BCUT2D eigenvalue weighted by atomic mass is 9.95. The molecule has 2 fully saturated rings. The van der Waals surface area contributed by atoms with Gasteiger partial charge >= 0.3 is 0 Å². The molecule has 1 N–H and O–H groups in total. The first kappa shape index (κ1) is 29.4. The van der Waals surface area contributed by atoms with Gasteiger partial charge in [0.15, 0.2) is 0 Å². The van der Waals surface area contributed by atoms with Crippen molar-refractivity contribution in [1.82, 2.24) is 9.80 Å². The Bertz CT molecular complexity index is 1410. The summed E-state index contributed by atoms with van der Waals surface area (Å²) in [5, 5.41) is 11.5. The Morgan fingerprint density at radius 3 is 2.26 bits per heavy atom. The number of likely N-dealkylation sites (tertiary alicyclic amines) is 1. The van der Waals surface area contributed by atoms with Crippen LogP contribution in [0.3, 0.4) is 0 Å². The smallest absolute Gasteiger partial charge is 0.295 e. The molecule has 0 bridgehead atoms. The van der Waals surface area contributed by atoms with E-state index in [1.54, 1.807) is 29.2 Å². The number of nitrogens with zero attached hydrogens (tertiary/aromatic N) is 2.